The highest BCUT2D eigenvalue weighted by Gasteiger charge is 2.05. The number of nitrogens with two attached hydrogens (primary N) is 1. The van der Waals surface area contributed by atoms with Crippen LogP contribution in [-0.4, -0.2) is 0 Å². The Morgan fingerprint density at radius 3 is 2.61 bits per heavy atom. The van der Waals surface area contributed by atoms with Gasteiger partial charge in [0, 0.05) is 5.69 Å². The van der Waals surface area contributed by atoms with Crippen LogP contribution >= 0.6 is 11.6 Å². The van der Waals surface area contributed by atoms with Gasteiger partial charge in [-0.25, -0.2) is 0 Å². The zero-order chi connectivity index (χ0) is 13.1. The molecule has 0 aliphatic heterocycles. The van der Waals surface area contributed by atoms with Gasteiger partial charge in [0.15, 0.2) is 0 Å². The van der Waals surface area contributed by atoms with Crippen LogP contribution in [0, 0.1) is 18.3 Å². The Morgan fingerprint density at radius 2 is 2.00 bits per heavy atom. The number of halogens is 1. The molecule has 0 amide bonds. The van der Waals surface area contributed by atoms with Crippen LogP contribution in [0.5, 0.6) is 11.5 Å². The summed E-state index contributed by atoms with van der Waals surface area (Å²) >= 11 is 6.03. The first-order valence-electron chi connectivity index (χ1n) is 5.34. The molecule has 2 rings (SSSR count). The fourth-order valence-corrected chi connectivity index (χ4v) is 1.71. The van der Waals surface area contributed by atoms with Crippen molar-refractivity contribution in [2.24, 2.45) is 0 Å². The molecule has 18 heavy (non-hydrogen) atoms. The van der Waals surface area contributed by atoms with Crippen LogP contribution in [0.1, 0.15) is 11.1 Å². The van der Waals surface area contributed by atoms with E-state index in [1.165, 1.54) is 0 Å². The minimum Gasteiger partial charge on any atom is -0.456 e. The second-order valence-electron chi connectivity index (χ2n) is 3.88. The lowest BCUT2D eigenvalue weighted by atomic mass is 10.2. The third kappa shape index (κ3) is 2.55. The van der Waals surface area contributed by atoms with Gasteiger partial charge in [-0.2, -0.15) is 5.26 Å². The van der Waals surface area contributed by atoms with Gasteiger partial charge in [-0.1, -0.05) is 11.6 Å². The number of nitriles is 1. The van der Waals surface area contributed by atoms with Crippen LogP contribution in [0.25, 0.3) is 0 Å². The van der Waals surface area contributed by atoms with Gasteiger partial charge < -0.3 is 10.5 Å². The van der Waals surface area contributed by atoms with Gasteiger partial charge in [0.25, 0.3) is 0 Å². The first kappa shape index (κ1) is 12.3. The largest absolute Gasteiger partial charge is 0.456 e. The summed E-state index contributed by atoms with van der Waals surface area (Å²) in [5, 5.41) is 9.15. The van der Waals surface area contributed by atoms with Gasteiger partial charge in [-0.3, -0.25) is 0 Å². The van der Waals surface area contributed by atoms with E-state index in [0.29, 0.717) is 27.8 Å². The van der Waals surface area contributed by atoms with Crippen molar-refractivity contribution in [3.8, 4) is 17.6 Å². The van der Waals surface area contributed by atoms with Crippen LogP contribution < -0.4 is 10.5 Å². The summed E-state index contributed by atoms with van der Waals surface area (Å²) in [6.45, 7) is 1.91. The first-order chi connectivity index (χ1) is 8.60. The summed E-state index contributed by atoms with van der Waals surface area (Å²) in [5.74, 6) is 1.17. The summed E-state index contributed by atoms with van der Waals surface area (Å²) in [7, 11) is 0. The van der Waals surface area contributed by atoms with Crippen molar-refractivity contribution in [3.63, 3.8) is 0 Å². The normalized spacial score (nSPS) is 9.83. The van der Waals surface area contributed by atoms with Gasteiger partial charge in [0.05, 0.1) is 16.7 Å². The lowest BCUT2D eigenvalue weighted by Gasteiger charge is -2.09. The van der Waals surface area contributed by atoms with Crippen LogP contribution in [0.2, 0.25) is 5.02 Å². The predicted octanol–water partition coefficient (Wildman–Crippen LogP) is 3.89. The molecule has 0 aliphatic carbocycles. The van der Waals surface area contributed by atoms with Gasteiger partial charge in [0.1, 0.15) is 11.5 Å². The summed E-state index contributed by atoms with van der Waals surface area (Å²) in [6.07, 6.45) is 0. The van der Waals surface area contributed by atoms with Crippen molar-refractivity contribution in [2.45, 2.75) is 6.92 Å². The molecule has 2 aromatic carbocycles. The molecule has 0 spiro atoms. The zero-order valence-electron chi connectivity index (χ0n) is 9.77. The van der Waals surface area contributed by atoms with Crippen molar-refractivity contribution in [2.75, 3.05) is 5.73 Å². The number of anilines is 1. The van der Waals surface area contributed by atoms with E-state index in [4.69, 9.17) is 27.3 Å². The van der Waals surface area contributed by atoms with Crippen LogP contribution in [0.3, 0.4) is 0 Å². The van der Waals surface area contributed by atoms with Crippen LogP contribution in [0.15, 0.2) is 36.4 Å². The highest BCUT2D eigenvalue weighted by Crippen LogP contribution is 2.31. The monoisotopic (exact) mass is 258 g/mol. The van der Waals surface area contributed by atoms with Crippen molar-refractivity contribution in [1.82, 2.24) is 0 Å². The van der Waals surface area contributed by atoms with Crippen molar-refractivity contribution >= 4 is 17.3 Å². The smallest absolute Gasteiger partial charge is 0.146 e. The highest BCUT2D eigenvalue weighted by atomic mass is 35.5. The summed E-state index contributed by atoms with van der Waals surface area (Å²) < 4.78 is 5.65. The fourth-order valence-electron chi connectivity index (χ4n) is 1.49. The summed E-state index contributed by atoms with van der Waals surface area (Å²) in [6, 6.07) is 12.3. The van der Waals surface area contributed by atoms with E-state index in [2.05, 4.69) is 0 Å². The number of nitrogens with zero attached hydrogens (tertiary/aromatic N) is 1. The molecule has 0 aromatic heterocycles. The Labute approximate surface area is 110 Å². The number of ether oxygens (including phenoxy) is 1. The average molecular weight is 259 g/mol. The van der Waals surface area contributed by atoms with E-state index >= 15 is 0 Å². The molecule has 90 valence electrons. The zero-order valence-corrected chi connectivity index (χ0v) is 10.5. The Morgan fingerprint density at radius 1 is 1.22 bits per heavy atom. The van der Waals surface area contributed by atoms with E-state index in [0.717, 1.165) is 5.56 Å². The molecule has 2 aromatic rings. The molecule has 2 N–H and O–H groups in total. The Hall–Kier alpha value is -2.18. The molecule has 0 radical (unpaired) electrons. The van der Waals surface area contributed by atoms with Gasteiger partial charge in [-0.15, -0.1) is 0 Å². The minimum atomic E-state index is 0.406. The standard InChI is InChI=1S/C14H11ClN2O/c1-9-6-11(3-4-13(9)17)18-14-5-2-10(8-16)7-12(14)15/h2-7H,17H2,1H3. The van der Waals surface area contributed by atoms with Crippen molar-refractivity contribution in [3.05, 3.63) is 52.5 Å². The van der Waals surface area contributed by atoms with Gasteiger partial charge >= 0.3 is 0 Å². The summed E-state index contributed by atoms with van der Waals surface area (Å²) in [4.78, 5) is 0. The number of hydrogen-bond acceptors (Lipinski definition) is 3. The molecular formula is C14H11ClN2O. The molecule has 4 heteroatoms. The van der Waals surface area contributed by atoms with E-state index in [-0.39, 0.29) is 0 Å². The van der Waals surface area contributed by atoms with Crippen molar-refractivity contribution in [1.29, 1.82) is 5.26 Å². The molecule has 0 heterocycles. The molecule has 0 saturated carbocycles. The molecule has 0 fully saturated rings. The van der Waals surface area contributed by atoms with Gasteiger partial charge in [-0.05, 0) is 48.9 Å². The Bertz CT molecular complexity index is 632. The lowest BCUT2D eigenvalue weighted by Crippen LogP contribution is -1.91. The maximum atomic E-state index is 8.75. The molecule has 0 aliphatic rings. The maximum absolute atomic E-state index is 8.75. The SMILES string of the molecule is Cc1cc(Oc2ccc(C#N)cc2Cl)ccc1N. The quantitative estimate of drug-likeness (QED) is 0.831. The molecular weight excluding hydrogens is 248 g/mol. The second-order valence-corrected chi connectivity index (χ2v) is 4.28. The van der Waals surface area contributed by atoms with E-state index in [1.54, 1.807) is 30.3 Å². The minimum absolute atomic E-state index is 0.406. The maximum Gasteiger partial charge on any atom is 0.146 e. The van der Waals surface area contributed by atoms with Gasteiger partial charge in [0.2, 0.25) is 0 Å². The number of rotatable bonds is 2. The molecule has 3 nitrogen and oxygen atoms in total. The number of benzene rings is 2. The topological polar surface area (TPSA) is 59.0 Å². The molecule has 0 unspecified atom stereocenters. The molecule has 0 bridgehead atoms. The fraction of sp³-hybridized carbons (Fsp3) is 0.0714. The summed E-state index contributed by atoms with van der Waals surface area (Å²) in [5.41, 5.74) is 7.89. The number of aryl methyl sites for hydroxylation is 1. The molecule has 0 atom stereocenters. The number of hydrogen-bond donors (Lipinski definition) is 1. The van der Waals surface area contributed by atoms with Crippen LogP contribution in [0.4, 0.5) is 5.69 Å². The van der Waals surface area contributed by atoms with E-state index in [9.17, 15) is 0 Å². The first-order valence-corrected chi connectivity index (χ1v) is 5.71. The average Bonchev–Trinajstić information content (AvgIpc) is 2.36. The third-order valence-corrected chi connectivity index (χ3v) is 2.83. The number of nitrogen functional groups attached to an aromatic ring is 1. The second kappa shape index (κ2) is 4.99. The highest BCUT2D eigenvalue weighted by molar-refractivity contribution is 6.32. The van der Waals surface area contributed by atoms with Crippen molar-refractivity contribution < 1.29 is 4.74 Å². The van der Waals surface area contributed by atoms with E-state index in [1.807, 2.05) is 19.1 Å². The van der Waals surface area contributed by atoms with E-state index < -0.39 is 0 Å². The molecule has 0 saturated heterocycles. The predicted molar refractivity (Wildman–Crippen MR) is 71.8 cm³/mol. The van der Waals surface area contributed by atoms with Crippen LogP contribution in [-0.2, 0) is 0 Å². The third-order valence-electron chi connectivity index (χ3n) is 2.53. The Balaban J connectivity index is 2.29. The Kier molecular flexibility index (Phi) is 3.40. The lowest BCUT2D eigenvalue weighted by molar-refractivity contribution is 0.482.